The fraction of sp³-hybridized carbons (Fsp3) is 0.647. The lowest BCUT2D eigenvalue weighted by Crippen LogP contribution is -2.50. The summed E-state index contributed by atoms with van der Waals surface area (Å²) >= 11 is 0. The van der Waals surface area contributed by atoms with E-state index in [9.17, 15) is 8.42 Å². The Labute approximate surface area is 135 Å². The Morgan fingerprint density at radius 2 is 1.77 bits per heavy atom. The largest absolute Gasteiger partial charge is 0.279 e. The van der Waals surface area contributed by atoms with Gasteiger partial charge in [-0.25, -0.2) is 0 Å². The van der Waals surface area contributed by atoms with Crippen LogP contribution in [-0.4, -0.2) is 31.9 Å². The van der Waals surface area contributed by atoms with Crippen LogP contribution in [0.5, 0.6) is 0 Å². The summed E-state index contributed by atoms with van der Waals surface area (Å²) in [5.74, 6) is 0.861. The van der Waals surface area contributed by atoms with E-state index in [-0.39, 0.29) is 6.04 Å². The maximum absolute atomic E-state index is 12.5. The highest BCUT2D eigenvalue weighted by Gasteiger charge is 2.31. The number of hydrogen-bond donors (Lipinski definition) is 1. The van der Waals surface area contributed by atoms with Gasteiger partial charge in [-0.2, -0.15) is 17.4 Å². The lowest BCUT2D eigenvalue weighted by molar-refractivity contribution is 0.219. The molecular weight excluding hydrogens is 296 g/mol. The normalized spacial score (nSPS) is 25.0. The van der Waals surface area contributed by atoms with E-state index in [4.69, 9.17) is 0 Å². The van der Waals surface area contributed by atoms with Gasteiger partial charge < -0.3 is 0 Å². The summed E-state index contributed by atoms with van der Waals surface area (Å²) in [5, 5.41) is 0. The predicted octanol–water partition coefficient (Wildman–Crippen LogP) is 2.82. The van der Waals surface area contributed by atoms with Crippen molar-refractivity contribution in [3.05, 3.63) is 35.9 Å². The maximum atomic E-state index is 12.5. The van der Waals surface area contributed by atoms with Crippen LogP contribution in [0, 0.1) is 11.8 Å². The molecule has 0 spiro atoms. The monoisotopic (exact) mass is 324 g/mol. The first-order valence-corrected chi connectivity index (χ1v) is 9.62. The molecule has 2 rings (SSSR count). The summed E-state index contributed by atoms with van der Waals surface area (Å²) in [6, 6.07) is 10.1. The minimum atomic E-state index is -3.37. The SMILES string of the molecule is C[C@@H]1C[C@@H](C)CN(S(=O)(=O)N[C@H](C)CCc2ccccc2)C1. The third kappa shape index (κ3) is 5.07. The van der Waals surface area contributed by atoms with Gasteiger partial charge in [0.05, 0.1) is 0 Å². The van der Waals surface area contributed by atoms with Crippen LogP contribution < -0.4 is 4.72 Å². The van der Waals surface area contributed by atoms with Crippen molar-refractivity contribution in [1.82, 2.24) is 9.03 Å². The quantitative estimate of drug-likeness (QED) is 0.875. The highest BCUT2D eigenvalue weighted by atomic mass is 32.2. The van der Waals surface area contributed by atoms with Gasteiger partial charge in [0.25, 0.3) is 10.2 Å². The Morgan fingerprint density at radius 1 is 1.18 bits per heavy atom. The van der Waals surface area contributed by atoms with Gasteiger partial charge in [0.15, 0.2) is 0 Å². The van der Waals surface area contributed by atoms with E-state index < -0.39 is 10.2 Å². The minimum absolute atomic E-state index is 0.0576. The Morgan fingerprint density at radius 3 is 2.36 bits per heavy atom. The van der Waals surface area contributed by atoms with E-state index in [1.165, 1.54) is 5.56 Å². The molecule has 1 N–H and O–H groups in total. The highest BCUT2D eigenvalue weighted by molar-refractivity contribution is 7.87. The third-order valence-corrected chi connectivity index (χ3v) is 5.91. The molecule has 1 aliphatic heterocycles. The molecule has 0 aliphatic carbocycles. The van der Waals surface area contributed by atoms with Crippen molar-refractivity contribution in [1.29, 1.82) is 0 Å². The number of hydrogen-bond acceptors (Lipinski definition) is 2. The predicted molar refractivity (Wildman–Crippen MR) is 90.8 cm³/mol. The highest BCUT2D eigenvalue weighted by Crippen LogP contribution is 2.22. The molecule has 1 aromatic carbocycles. The zero-order valence-corrected chi connectivity index (χ0v) is 14.6. The fourth-order valence-electron chi connectivity index (χ4n) is 3.22. The molecule has 3 atom stereocenters. The molecule has 124 valence electrons. The van der Waals surface area contributed by atoms with Gasteiger partial charge >= 0.3 is 0 Å². The second-order valence-electron chi connectivity index (χ2n) is 6.81. The summed E-state index contributed by atoms with van der Waals surface area (Å²) in [6.07, 6.45) is 2.80. The Kier molecular flexibility index (Phi) is 6.01. The molecule has 0 saturated carbocycles. The number of rotatable bonds is 6. The molecule has 5 heteroatoms. The summed E-state index contributed by atoms with van der Waals surface area (Å²) < 4.78 is 29.5. The molecule has 1 saturated heterocycles. The van der Waals surface area contributed by atoms with Crippen molar-refractivity contribution in [2.24, 2.45) is 11.8 Å². The molecule has 22 heavy (non-hydrogen) atoms. The molecule has 0 aromatic heterocycles. The van der Waals surface area contributed by atoms with E-state index >= 15 is 0 Å². The van der Waals surface area contributed by atoms with Crippen LogP contribution in [0.15, 0.2) is 30.3 Å². The second-order valence-corrected chi connectivity index (χ2v) is 8.51. The zero-order chi connectivity index (χ0) is 16.2. The van der Waals surface area contributed by atoms with E-state index in [1.807, 2.05) is 25.1 Å². The Hall–Kier alpha value is -0.910. The first-order valence-electron chi connectivity index (χ1n) is 8.18. The Balaban J connectivity index is 1.88. The van der Waals surface area contributed by atoms with E-state index in [0.717, 1.165) is 19.3 Å². The van der Waals surface area contributed by atoms with Crippen LogP contribution in [0.3, 0.4) is 0 Å². The van der Waals surface area contributed by atoms with Crippen molar-refractivity contribution in [3.63, 3.8) is 0 Å². The molecule has 1 heterocycles. The second kappa shape index (κ2) is 7.57. The van der Waals surface area contributed by atoms with Gasteiger partial charge in [-0.3, -0.25) is 0 Å². The number of nitrogens with zero attached hydrogens (tertiary/aromatic N) is 1. The molecule has 0 unspecified atom stereocenters. The third-order valence-electron chi connectivity index (χ3n) is 4.23. The summed E-state index contributed by atoms with van der Waals surface area (Å²) in [7, 11) is -3.37. The molecule has 0 bridgehead atoms. The number of benzene rings is 1. The fourth-order valence-corrected chi connectivity index (χ4v) is 4.89. The average molecular weight is 324 g/mol. The molecule has 4 nitrogen and oxygen atoms in total. The van der Waals surface area contributed by atoms with Crippen molar-refractivity contribution in [2.75, 3.05) is 13.1 Å². The van der Waals surface area contributed by atoms with Gasteiger partial charge in [0, 0.05) is 19.1 Å². The van der Waals surface area contributed by atoms with Gasteiger partial charge in [-0.1, -0.05) is 44.2 Å². The molecule has 0 amide bonds. The first-order chi connectivity index (χ1) is 10.4. The van der Waals surface area contributed by atoms with Crippen molar-refractivity contribution < 1.29 is 8.42 Å². The van der Waals surface area contributed by atoms with Crippen molar-refractivity contribution in [3.8, 4) is 0 Å². The van der Waals surface area contributed by atoms with E-state index in [0.29, 0.717) is 24.9 Å². The number of piperidine rings is 1. The Bertz CT molecular complexity index is 549. The molecule has 1 aromatic rings. The zero-order valence-electron chi connectivity index (χ0n) is 13.8. The number of nitrogens with one attached hydrogen (secondary N) is 1. The topological polar surface area (TPSA) is 49.4 Å². The smallest absolute Gasteiger partial charge is 0.199 e. The molecule has 0 radical (unpaired) electrons. The summed E-state index contributed by atoms with van der Waals surface area (Å²) in [6.45, 7) is 7.45. The first kappa shape index (κ1) is 17.4. The standard InChI is InChI=1S/C17H28N2O2S/c1-14-11-15(2)13-19(12-14)22(20,21)18-16(3)9-10-17-7-5-4-6-8-17/h4-8,14-16,18H,9-13H2,1-3H3/t14-,15-,16-/m1/s1. The van der Waals surface area contributed by atoms with E-state index in [2.05, 4.69) is 30.7 Å². The van der Waals surface area contributed by atoms with Crippen LogP contribution in [0.25, 0.3) is 0 Å². The van der Waals surface area contributed by atoms with Crippen LogP contribution in [0.2, 0.25) is 0 Å². The summed E-state index contributed by atoms with van der Waals surface area (Å²) in [4.78, 5) is 0. The number of aryl methyl sites for hydroxylation is 1. The van der Waals surface area contributed by atoms with Crippen LogP contribution in [0.4, 0.5) is 0 Å². The maximum Gasteiger partial charge on any atom is 0.279 e. The average Bonchev–Trinajstić information content (AvgIpc) is 2.45. The molecule has 1 aliphatic rings. The van der Waals surface area contributed by atoms with Crippen LogP contribution in [0.1, 0.15) is 39.2 Å². The van der Waals surface area contributed by atoms with Gasteiger partial charge in [-0.05, 0) is 43.6 Å². The van der Waals surface area contributed by atoms with Gasteiger partial charge in [-0.15, -0.1) is 0 Å². The van der Waals surface area contributed by atoms with Gasteiger partial charge in [0.2, 0.25) is 0 Å². The van der Waals surface area contributed by atoms with E-state index in [1.54, 1.807) is 4.31 Å². The lowest BCUT2D eigenvalue weighted by Gasteiger charge is -2.34. The molecule has 1 fully saturated rings. The molecular formula is C17H28N2O2S. The van der Waals surface area contributed by atoms with Crippen molar-refractivity contribution in [2.45, 2.75) is 46.1 Å². The minimum Gasteiger partial charge on any atom is -0.199 e. The lowest BCUT2D eigenvalue weighted by atomic mass is 9.94. The van der Waals surface area contributed by atoms with Crippen LogP contribution >= 0.6 is 0 Å². The van der Waals surface area contributed by atoms with Crippen molar-refractivity contribution >= 4 is 10.2 Å². The van der Waals surface area contributed by atoms with Gasteiger partial charge in [0.1, 0.15) is 0 Å². The summed E-state index contributed by atoms with van der Waals surface area (Å²) in [5.41, 5.74) is 1.24. The van der Waals surface area contributed by atoms with Crippen LogP contribution in [-0.2, 0) is 16.6 Å².